The highest BCUT2D eigenvalue weighted by molar-refractivity contribution is 5.95. The van der Waals surface area contributed by atoms with Gasteiger partial charge in [-0.15, -0.1) is 0 Å². The van der Waals surface area contributed by atoms with Crippen LogP contribution in [0.3, 0.4) is 0 Å². The Morgan fingerprint density at radius 1 is 1.00 bits per heavy atom. The van der Waals surface area contributed by atoms with Gasteiger partial charge in [-0.2, -0.15) is 0 Å². The van der Waals surface area contributed by atoms with E-state index in [1.165, 1.54) is 0 Å². The molecule has 3 aliphatic heterocycles. The highest BCUT2D eigenvalue weighted by Crippen LogP contribution is 2.49. The standard InChI is InChI=1S/C35H39N3O6/c1-4-22-8-6-9-23(5-2)32(22)36-29(39)19-37-18-27(26-15-16-28-34(21(26)3)44-20-43-28)31(35(41)42)33(37)24-11-13-25(14-12-24)38-17-7-10-30(38)40/h6,8-9,11-16,27,31,33H,4-5,7,10,17-20H2,1-3H3,(H,36,39)(H,41,42)/t27-,31-,33+/m1/s1. The van der Waals surface area contributed by atoms with Gasteiger partial charge in [-0.25, -0.2) is 0 Å². The van der Waals surface area contributed by atoms with Crippen molar-refractivity contribution in [3.05, 3.63) is 82.4 Å². The smallest absolute Gasteiger partial charge is 0.309 e. The van der Waals surface area contributed by atoms with Gasteiger partial charge in [-0.3, -0.25) is 19.3 Å². The average molecular weight is 598 g/mol. The van der Waals surface area contributed by atoms with Gasteiger partial charge in [0.2, 0.25) is 18.6 Å². The van der Waals surface area contributed by atoms with Crippen molar-refractivity contribution in [1.29, 1.82) is 0 Å². The van der Waals surface area contributed by atoms with Crippen LogP contribution in [0.25, 0.3) is 0 Å². The second-order valence-electron chi connectivity index (χ2n) is 11.8. The number of aliphatic carboxylic acids is 1. The van der Waals surface area contributed by atoms with Gasteiger partial charge < -0.3 is 24.8 Å². The molecular weight excluding hydrogens is 558 g/mol. The number of carboxylic acids is 1. The molecule has 2 fully saturated rings. The number of amides is 2. The largest absolute Gasteiger partial charge is 0.481 e. The summed E-state index contributed by atoms with van der Waals surface area (Å²) < 4.78 is 11.3. The molecule has 0 spiro atoms. The van der Waals surface area contributed by atoms with Crippen LogP contribution < -0.4 is 19.7 Å². The first-order valence-corrected chi connectivity index (χ1v) is 15.5. The van der Waals surface area contributed by atoms with Crippen LogP contribution in [0, 0.1) is 12.8 Å². The van der Waals surface area contributed by atoms with Crippen LogP contribution in [0.5, 0.6) is 11.5 Å². The molecule has 0 aliphatic carbocycles. The van der Waals surface area contributed by atoms with Gasteiger partial charge in [0, 0.05) is 42.8 Å². The maximum Gasteiger partial charge on any atom is 0.309 e. The van der Waals surface area contributed by atoms with Crippen LogP contribution in [0.15, 0.2) is 54.6 Å². The molecule has 230 valence electrons. The fourth-order valence-electron chi connectivity index (χ4n) is 7.17. The van der Waals surface area contributed by atoms with Crippen molar-refractivity contribution < 1.29 is 29.0 Å². The first kappa shape index (κ1) is 29.7. The molecular formula is C35H39N3O6. The van der Waals surface area contributed by atoms with E-state index in [-0.39, 0.29) is 25.2 Å². The van der Waals surface area contributed by atoms with Crippen LogP contribution in [-0.4, -0.2) is 54.2 Å². The van der Waals surface area contributed by atoms with Crippen molar-refractivity contribution in [2.24, 2.45) is 5.92 Å². The molecule has 0 radical (unpaired) electrons. The number of benzene rings is 3. The minimum absolute atomic E-state index is 0.0299. The lowest BCUT2D eigenvalue weighted by Gasteiger charge is -2.28. The Morgan fingerprint density at radius 3 is 2.36 bits per heavy atom. The van der Waals surface area contributed by atoms with Gasteiger partial charge >= 0.3 is 5.97 Å². The predicted octanol–water partition coefficient (Wildman–Crippen LogP) is 5.46. The first-order chi connectivity index (χ1) is 21.3. The molecule has 3 aromatic carbocycles. The van der Waals surface area contributed by atoms with Crippen LogP contribution in [0.1, 0.15) is 66.5 Å². The monoisotopic (exact) mass is 597 g/mol. The summed E-state index contributed by atoms with van der Waals surface area (Å²) in [5.41, 5.74) is 6.31. The quantitative estimate of drug-likeness (QED) is 0.338. The lowest BCUT2D eigenvalue weighted by Crippen LogP contribution is -2.35. The second-order valence-corrected chi connectivity index (χ2v) is 11.8. The van der Waals surface area contributed by atoms with E-state index in [4.69, 9.17) is 9.47 Å². The number of rotatable bonds is 9. The zero-order valence-electron chi connectivity index (χ0n) is 25.5. The lowest BCUT2D eigenvalue weighted by atomic mass is 9.81. The molecule has 44 heavy (non-hydrogen) atoms. The summed E-state index contributed by atoms with van der Waals surface area (Å²) in [7, 11) is 0. The summed E-state index contributed by atoms with van der Waals surface area (Å²) in [6.07, 6.45) is 2.93. The fraction of sp³-hybridized carbons (Fsp3) is 0.400. The zero-order valence-corrected chi connectivity index (χ0v) is 25.5. The Morgan fingerprint density at radius 2 is 1.73 bits per heavy atom. The third-order valence-corrected chi connectivity index (χ3v) is 9.34. The molecule has 9 heteroatoms. The number of likely N-dealkylation sites (tertiary alicyclic amines) is 1. The van der Waals surface area contributed by atoms with Crippen molar-refractivity contribution in [3.8, 4) is 11.5 Å². The number of hydrogen-bond donors (Lipinski definition) is 2. The predicted molar refractivity (Wildman–Crippen MR) is 167 cm³/mol. The molecule has 0 saturated carbocycles. The summed E-state index contributed by atoms with van der Waals surface area (Å²) in [4.78, 5) is 42.9. The lowest BCUT2D eigenvalue weighted by molar-refractivity contribution is -0.143. The maximum atomic E-state index is 13.7. The summed E-state index contributed by atoms with van der Waals surface area (Å²) in [5.74, 6) is -0.943. The van der Waals surface area contributed by atoms with Crippen LogP contribution in [0.2, 0.25) is 0 Å². The highest BCUT2D eigenvalue weighted by Gasteiger charge is 2.48. The van der Waals surface area contributed by atoms with E-state index in [1.807, 2.05) is 66.4 Å². The van der Waals surface area contributed by atoms with E-state index in [0.29, 0.717) is 31.0 Å². The van der Waals surface area contributed by atoms with Crippen molar-refractivity contribution in [2.45, 2.75) is 58.4 Å². The van der Waals surface area contributed by atoms with Crippen molar-refractivity contribution >= 4 is 29.2 Å². The van der Waals surface area contributed by atoms with Crippen LogP contribution >= 0.6 is 0 Å². The molecule has 2 saturated heterocycles. The zero-order chi connectivity index (χ0) is 31.0. The second kappa shape index (κ2) is 12.3. The number of nitrogens with one attached hydrogen (secondary N) is 1. The Labute approximate surface area is 257 Å². The molecule has 6 rings (SSSR count). The Hall–Kier alpha value is -4.37. The van der Waals surface area contributed by atoms with E-state index in [1.54, 1.807) is 4.90 Å². The van der Waals surface area contributed by atoms with E-state index < -0.39 is 23.8 Å². The van der Waals surface area contributed by atoms with Gasteiger partial charge in [0.05, 0.1) is 12.5 Å². The molecule has 3 aliphatic rings. The van der Waals surface area contributed by atoms with Crippen molar-refractivity contribution in [3.63, 3.8) is 0 Å². The van der Waals surface area contributed by atoms with Crippen molar-refractivity contribution in [1.82, 2.24) is 4.90 Å². The number of fused-ring (bicyclic) bond motifs is 1. The van der Waals surface area contributed by atoms with Gasteiger partial charge in [0.1, 0.15) is 0 Å². The number of ether oxygens (including phenoxy) is 2. The minimum atomic E-state index is -0.927. The van der Waals surface area contributed by atoms with E-state index >= 15 is 0 Å². The van der Waals surface area contributed by atoms with Gasteiger partial charge in [0.25, 0.3) is 0 Å². The number of carbonyl (C=O) groups excluding carboxylic acids is 2. The summed E-state index contributed by atoms with van der Waals surface area (Å²) in [6.45, 7) is 7.27. The molecule has 0 unspecified atom stereocenters. The molecule has 0 bridgehead atoms. The third-order valence-electron chi connectivity index (χ3n) is 9.34. The minimum Gasteiger partial charge on any atom is -0.481 e. The topological polar surface area (TPSA) is 108 Å². The number of hydrogen-bond acceptors (Lipinski definition) is 6. The maximum absolute atomic E-state index is 13.7. The molecule has 3 aromatic rings. The Bertz CT molecular complexity index is 1560. The van der Waals surface area contributed by atoms with Crippen LogP contribution in [-0.2, 0) is 27.2 Å². The third kappa shape index (κ3) is 5.41. The summed E-state index contributed by atoms with van der Waals surface area (Å²) in [6, 6.07) is 16.9. The first-order valence-electron chi connectivity index (χ1n) is 15.5. The average Bonchev–Trinajstić information content (AvgIpc) is 3.76. The van der Waals surface area contributed by atoms with E-state index in [0.717, 1.165) is 58.5 Å². The van der Waals surface area contributed by atoms with Crippen LogP contribution in [0.4, 0.5) is 11.4 Å². The number of para-hydroxylation sites is 1. The number of carbonyl (C=O) groups is 3. The SMILES string of the molecule is CCc1cccc(CC)c1NC(=O)CN1C[C@H](c2ccc3c(c2C)OCO3)[C@@H](C(=O)O)[C@@H]1c1ccc(N2CCCC2=O)cc1. The number of aryl methyl sites for hydroxylation is 2. The molecule has 3 heterocycles. The van der Waals surface area contributed by atoms with E-state index in [2.05, 4.69) is 19.2 Å². The molecule has 2 N–H and O–H groups in total. The number of nitrogens with zero attached hydrogens (tertiary/aromatic N) is 2. The molecule has 3 atom stereocenters. The molecule has 9 nitrogen and oxygen atoms in total. The number of anilines is 2. The van der Waals surface area contributed by atoms with Gasteiger partial charge in [-0.1, -0.05) is 50.2 Å². The molecule has 0 aromatic heterocycles. The van der Waals surface area contributed by atoms with Gasteiger partial charge in [-0.05, 0) is 72.2 Å². The normalized spacial score (nSPS) is 21.2. The highest BCUT2D eigenvalue weighted by atomic mass is 16.7. The fourth-order valence-corrected chi connectivity index (χ4v) is 7.17. The summed E-state index contributed by atoms with van der Waals surface area (Å²) in [5, 5.41) is 13.9. The van der Waals surface area contributed by atoms with E-state index in [9.17, 15) is 19.5 Å². The summed E-state index contributed by atoms with van der Waals surface area (Å²) >= 11 is 0. The Kier molecular flexibility index (Phi) is 8.31. The Balaban J connectivity index is 1.36. The van der Waals surface area contributed by atoms with Gasteiger partial charge in [0.15, 0.2) is 11.5 Å². The molecule has 2 amide bonds. The number of carboxylic acid groups (broad SMARTS) is 1. The van der Waals surface area contributed by atoms with Crippen molar-refractivity contribution in [2.75, 3.05) is 36.6 Å².